The Kier molecular flexibility index (Phi) is 5.78. The number of carbonyl (C=O) groups is 2. The Bertz CT molecular complexity index is 1130. The third-order valence-electron chi connectivity index (χ3n) is 5.41. The first-order chi connectivity index (χ1) is 14.3. The number of H-pyrrole nitrogens is 1. The number of hydrogen-bond donors (Lipinski definition) is 4. The van der Waals surface area contributed by atoms with Crippen molar-refractivity contribution < 1.29 is 14.7 Å². The minimum Gasteiger partial charge on any atom is -0.394 e. The van der Waals surface area contributed by atoms with Crippen LogP contribution in [0.3, 0.4) is 0 Å². The third kappa shape index (κ3) is 3.59. The minimum absolute atomic E-state index is 0.305. The smallest absolute Gasteiger partial charge is 0.268 e. The van der Waals surface area contributed by atoms with Crippen LogP contribution in [0.15, 0.2) is 30.3 Å². The van der Waals surface area contributed by atoms with Gasteiger partial charge in [0.1, 0.15) is 16.1 Å². The maximum Gasteiger partial charge on any atom is 0.268 e. The number of likely N-dealkylation sites (N-methyl/N-ethyl adjacent to an activating group) is 1. The molecule has 30 heavy (non-hydrogen) atoms. The van der Waals surface area contributed by atoms with Gasteiger partial charge >= 0.3 is 0 Å². The zero-order valence-electron chi connectivity index (χ0n) is 16.0. The molecule has 2 amide bonds. The molecule has 4 rings (SSSR count). The van der Waals surface area contributed by atoms with Crippen molar-refractivity contribution in [2.75, 3.05) is 13.7 Å². The number of benzene rings is 1. The number of nitrogens with two attached hydrogens (primary N) is 1. The van der Waals surface area contributed by atoms with Crippen LogP contribution in [-0.4, -0.2) is 52.5 Å². The fraction of sp³-hybridized carbons (Fsp3) is 0.300. The average molecular weight is 467 g/mol. The average Bonchev–Trinajstić information content (AvgIpc) is 3.39. The van der Waals surface area contributed by atoms with Crippen LogP contribution in [-0.2, 0) is 11.2 Å². The molecule has 10 heteroatoms. The number of carbonyl (C=O) groups excluding carboxylic acids is 2. The van der Waals surface area contributed by atoms with Gasteiger partial charge in [-0.1, -0.05) is 47.5 Å². The van der Waals surface area contributed by atoms with E-state index in [0.29, 0.717) is 27.0 Å². The number of aliphatic hydroxyl groups excluding tert-OH is 1. The molecule has 0 bridgehead atoms. The van der Waals surface area contributed by atoms with Gasteiger partial charge in [-0.15, -0.1) is 11.3 Å². The summed E-state index contributed by atoms with van der Waals surface area (Å²) >= 11 is 13.5. The molecule has 1 aliphatic rings. The summed E-state index contributed by atoms with van der Waals surface area (Å²) in [7, 11) is 1.64. The van der Waals surface area contributed by atoms with Crippen LogP contribution in [0.1, 0.15) is 27.7 Å². The molecule has 1 aliphatic carbocycles. The van der Waals surface area contributed by atoms with E-state index in [1.807, 2.05) is 24.3 Å². The molecule has 0 radical (unpaired) electrons. The number of aliphatic hydroxyl groups is 1. The van der Waals surface area contributed by atoms with Gasteiger partial charge < -0.3 is 26.0 Å². The Morgan fingerprint density at radius 3 is 2.83 bits per heavy atom. The molecule has 2 heterocycles. The fourth-order valence-electron chi connectivity index (χ4n) is 3.95. The maximum absolute atomic E-state index is 13.0. The number of fused-ring (bicyclic) bond motifs is 2. The standard InChI is InChI=1S/C20H20Cl2N4O3S/c1-26(20(29)11(23)8-27)17-10-5-3-2-4-9(10)6-12(17)25-19(28)13-7-14-16(24-13)15(21)18(22)30-14/h2-5,7,11-12,17,24,27H,6,8,23H2,1H3,(H,25,28)/t11-,12?,17?/m0/s1. The summed E-state index contributed by atoms with van der Waals surface area (Å²) < 4.78 is 1.26. The molecule has 3 atom stereocenters. The van der Waals surface area contributed by atoms with Crippen molar-refractivity contribution in [1.82, 2.24) is 15.2 Å². The van der Waals surface area contributed by atoms with Crippen LogP contribution < -0.4 is 11.1 Å². The summed E-state index contributed by atoms with van der Waals surface area (Å²) in [5.41, 5.74) is 8.74. The van der Waals surface area contributed by atoms with E-state index < -0.39 is 18.7 Å². The lowest BCUT2D eigenvalue weighted by molar-refractivity contribution is -0.134. The Morgan fingerprint density at radius 1 is 1.40 bits per heavy atom. The molecular formula is C20H20Cl2N4O3S. The number of nitrogens with zero attached hydrogens (tertiary/aromatic N) is 1. The SMILES string of the molecule is CN(C(=O)[C@@H](N)CO)C1c2ccccc2CC1NC(=O)c1cc2sc(Cl)c(Cl)c2[nH]1. The van der Waals surface area contributed by atoms with Crippen LogP contribution >= 0.6 is 34.5 Å². The van der Waals surface area contributed by atoms with E-state index in [1.54, 1.807) is 13.1 Å². The van der Waals surface area contributed by atoms with Crippen molar-refractivity contribution in [3.05, 3.63) is 56.5 Å². The molecule has 7 nitrogen and oxygen atoms in total. The highest BCUT2D eigenvalue weighted by atomic mass is 35.5. The molecule has 3 aromatic rings. The largest absolute Gasteiger partial charge is 0.394 e. The third-order valence-corrected chi connectivity index (χ3v) is 7.34. The number of aromatic amines is 1. The van der Waals surface area contributed by atoms with E-state index in [-0.39, 0.29) is 17.9 Å². The van der Waals surface area contributed by atoms with Crippen molar-refractivity contribution in [1.29, 1.82) is 0 Å². The van der Waals surface area contributed by atoms with Gasteiger partial charge in [0.25, 0.3) is 5.91 Å². The first-order valence-corrected chi connectivity index (χ1v) is 10.9. The van der Waals surface area contributed by atoms with Gasteiger partial charge in [0.15, 0.2) is 0 Å². The molecule has 1 aromatic carbocycles. The first-order valence-electron chi connectivity index (χ1n) is 9.30. The van der Waals surface area contributed by atoms with Crippen LogP contribution in [0.25, 0.3) is 10.2 Å². The van der Waals surface area contributed by atoms with E-state index in [9.17, 15) is 14.7 Å². The summed E-state index contributed by atoms with van der Waals surface area (Å²) in [4.78, 5) is 30.1. The second kappa shape index (κ2) is 8.20. The predicted molar refractivity (Wildman–Crippen MR) is 118 cm³/mol. The van der Waals surface area contributed by atoms with E-state index in [1.165, 1.54) is 16.2 Å². The van der Waals surface area contributed by atoms with Gasteiger partial charge in [0.2, 0.25) is 5.91 Å². The molecule has 0 spiro atoms. The van der Waals surface area contributed by atoms with E-state index in [2.05, 4.69) is 10.3 Å². The van der Waals surface area contributed by atoms with Crippen molar-refractivity contribution in [2.24, 2.45) is 5.73 Å². The molecule has 0 fully saturated rings. The summed E-state index contributed by atoms with van der Waals surface area (Å²) in [6.07, 6.45) is 0.570. The molecule has 2 unspecified atom stereocenters. The number of amides is 2. The molecule has 0 saturated carbocycles. The van der Waals surface area contributed by atoms with E-state index in [0.717, 1.165) is 15.8 Å². The highest BCUT2D eigenvalue weighted by molar-refractivity contribution is 7.23. The topological polar surface area (TPSA) is 111 Å². The Hall–Kier alpha value is -2.10. The first kappa shape index (κ1) is 21.1. The molecule has 158 valence electrons. The Balaban J connectivity index is 1.61. The molecule has 2 aromatic heterocycles. The maximum atomic E-state index is 13.0. The van der Waals surface area contributed by atoms with Crippen LogP contribution in [0.2, 0.25) is 9.36 Å². The summed E-state index contributed by atoms with van der Waals surface area (Å²) in [5, 5.41) is 12.7. The zero-order chi connectivity index (χ0) is 21.6. The van der Waals surface area contributed by atoms with Gasteiger partial charge in [-0.25, -0.2) is 0 Å². The lowest BCUT2D eigenvalue weighted by Crippen LogP contribution is -2.50. The molecule has 0 saturated heterocycles. The van der Waals surface area contributed by atoms with Gasteiger partial charge in [-0.3, -0.25) is 9.59 Å². The lowest BCUT2D eigenvalue weighted by atomic mass is 10.0. The predicted octanol–water partition coefficient (Wildman–Crippen LogP) is 2.71. The summed E-state index contributed by atoms with van der Waals surface area (Å²) in [5.74, 6) is -0.694. The lowest BCUT2D eigenvalue weighted by Gasteiger charge is -2.32. The highest BCUT2D eigenvalue weighted by Crippen LogP contribution is 2.39. The number of nitrogens with one attached hydrogen (secondary N) is 2. The van der Waals surface area contributed by atoms with Crippen molar-refractivity contribution in [3.63, 3.8) is 0 Å². The van der Waals surface area contributed by atoms with Gasteiger partial charge in [0.05, 0.1) is 33.9 Å². The summed E-state index contributed by atoms with van der Waals surface area (Å²) in [6.45, 7) is -0.447. The van der Waals surface area contributed by atoms with Crippen LogP contribution in [0, 0.1) is 0 Å². The number of aromatic nitrogens is 1. The quantitative estimate of drug-likeness (QED) is 0.462. The fourth-order valence-corrected chi connectivity index (χ4v) is 5.43. The van der Waals surface area contributed by atoms with Gasteiger partial charge in [-0.2, -0.15) is 0 Å². The number of hydrogen-bond acceptors (Lipinski definition) is 5. The monoisotopic (exact) mass is 466 g/mol. The van der Waals surface area contributed by atoms with Gasteiger partial charge in [0, 0.05) is 7.05 Å². The van der Waals surface area contributed by atoms with E-state index >= 15 is 0 Å². The highest BCUT2D eigenvalue weighted by Gasteiger charge is 2.39. The van der Waals surface area contributed by atoms with Crippen molar-refractivity contribution >= 4 is 56.6 Å². The van der Waals surface area contributed by atoms with Gasteiger partial charge in [-0.05, 0) is 23.6 Å². The normalized spacial score (nSPS) is 19.0. The van der Waals surface area contributed by atoms with Crippen LogP contribution in [0.5, 0.6) is 0 Å². The second-order valence-electron chi connectivity index (χ2n) is 7.28. The summed E-state index contributed by atoms with van der Waals surface area (Å²) in [6, 6.07) is 7.68. The number of rotatable bonds is 5. The van der Waals surface area contributed by atoms with Crippen molar-refractivity contribution in [2.45, 2.75) is 24.5 Å². The molecular weight excluding hydrogens is 447 g/mol. The minimum atomic E-state index is -1.01. The second-order valence-corrected chi connectivity index (χ2v) is 9.31. The molecule has 5 N–H and O–H groups in total. The number of halogens is 2. The number of thiophene rings is 1. The zero-order valence-corrected chi connectivity index (χ0v) is 18.3. The Labute approximate surface area is 186 Å². The van der Waals surface area contributed by atoms with E-state index in [4.69, 9.17) is 28.9 Å². The Morgan fingerprint density at radius 2 is 2.13 bits per heavy atom. The van der Waals surface area contributed by atoms with Crippen molar-refractivity contribution in [3.8, 4) is 0 Å². The molecule has 0 aliphatic heterocycles. The van der Waals surface area contributed by atoms with Crippen LogP contribution in [0.4, 0.5) is 0 Å².